The number of hydrogen-bond acceptors (Lipinski definition) is 6. The minimum absolute atomic E-state index is 0.186. The van der Waals surface area contributed by atoms with Gasteiger partial charge in [-0.25, -0.2) is 8.42 Å². The van der Waals surface area contributed by atoms with E-state index in [4.69, 9.17) is 11.6 Å². The molecule has 3 rings (SSSR count). The maximum Gasteiger partial charge on any atom is 0.257 e. The number of carbonyl (C=O) groups excluding carboxylic acids is 1. The SMILES string of the molecule is CC(C)S(=O)(=O)c1ccc(C(=O)Nc2nnc(-c3ccccc3Cl)s2)cc1. The predicted octanol–water partition coefficient (Wildman–Crippen LogP) is 4.29. The Bertz CT molecular complexity index is 1080. The van der Waals surface area contributed by atoms with E-state index in [1.807, 2.05) is 18.2 Å². The van der Waals surface area contributed by atoms with Crippen molar-refractivity contribution in [1.29, 1.82) is 0 Å². The predicted molar refractivity (Wildman–Crippen MR) is 107 cm³/mol. The van der Waals surface area contributed by atoms with E-state index in [0.29, 0.717) is 20.7 Å². The summed E-state index contributed by atoms with van der Waals surface area (Å²) in [6.07, 6.45) is 0. The summed E-state index contributed by atoms with van der Waals surface area (Å²) in [5.74, 6) is -0.398. The standard InChI is InChI=1S/C18H16ClN3O3S2/c1-11(2)27(24,25)13-9-7-12(8-10-13)16(23)20-18-22-21-17(26-18)14-5-3-4-6-15(14)19/h3-11H,1-2H3,(H,20,22,23). The minimum atomic E-state index is -3.37. The van der Waals surface area contributed by atoms with Crippen LogP contribution in [0.3, 0.4) is 0 Å². The number of carbonyl (C=O) groups is 1. The molecule has 0 spiro atoms. The monoisotopic (exact) mass is 421 g/mol. The Balaban J connectivity index is 1.76. The molecule has 0 saturated carbocycles. The van der Waals surface area contributed by atoms with Gasteiger partial charge in [-0.2, -0.15) is 0 Å². The fourth-order valence-electron chi connectivity index (χ4n) is 2.25. The van der Waals surface area contributed by atoms with Crippen molar-refractivity contribution in [1.82, 2.24) is 10.2 Å². The second-order valence-electron chi connectivity index (χ2n) is 5.96. The Labute approximate surface area is 166 Å². The van der Waals surface area contributed by atoms with Gasteiger partial charge in [-0.1, -0.05) is 41.1 Å². The smallest absolute Gasteiger partial charge is 0.257 e. The molecule has 1 N–H and O–H groups in total. The number of anilines is 1. The zero-order valence-electron chi connectivity index (χ0n) is 14.5. The van der Waals surface area contributed by atoms with Crippen LogP contribution in [0.15, 0.2) is 53.4 Å². The van der Waals surface area contributed by atoms with Crippen molar-refractivity contribution in [2.75, 3.05) is 5.32 Å². The van der Waals surface area contributed by atoms with Gasteiger partial charge >= 0.3 is 0 Å². The molecule has 0 fully saturated rings. The molecular formula is C18H16ClN3O3S2. The number of nitrogens with one attached hydrogen (secondary N) is 1. The number of amides is 1. The highest BCUT2D eigenvalue weighted by Crippen LogP contribution is 2.31. The highest BCUT2D eigenvalue weighted by molar-refractivity contribution is 7.92. The topological polar surface area (TPSA) is 89.0 Å². The van der Waals surface area contributed by atoms with Gasteiger partial charge in [0.05, 0.1) is 15.2 Å². The van der Waals surface area contributed by atoms with Gasteiger partial charge in [0.2, 0.25) is 5.13 Å². The van der Waals surface area contributed by atoms with Crippen LogP contribution in [0, 0.1) is 0 Å². The van der Waals surface area contributed by atoms with E-state index in [9.17, 15) is 13.2 Å². The lowest BCUT2D eigenvalue weighted by Crippen LogP contribution is -2.15. The Hall–Kier alpha value is -2.29. The molecule has 0 aliphatic carbocycles. The number of aromatic nitrogens is 2. The molecule has 0 unspecified atom stereocenters. The number of nitrogens with zero attached hydrogens (tertiary/aromatic N) is 2. The number of halogens is 1. The van der Waals surface area contributed by atoms with E-state index >= 15 is 0 Å². The van der Waals surface area contributed by atoms with Crippen LogP contribution < -0.4 is 5.32 Å². The third kappa shape index (κ3) is 4.18. The maximum absolute atomic E-state index is 12.4. The lowest BCUT2D eigenvalue weighted by Gasteiger charge is -2.08. The van der Waals surface area contributed by atoms with Gasteiger partial charge in [0.1, 0.15) is 0 Å². The van der Waals surface area contributed by atoms with Crippen molar-refractivity contribution in [3.8, 4) is 10.6 Å². The molecule has 1 aromatic heterocycles. The summed E-state index contributed by atoms with van der Waals surface area (Å²) in [6, 6.07) is 13.0. The first kappa shape index (κ1) is 19.5. The molecule has 3 aromatic rings. The minimum Gasteiger partial charge on any atom is -0.296 e. The van der Waals surface area contributed by atoms with E-state index in [1.54, 1.807) is 19.9 Å². The van der Waals surface area contributed by atoms with Gasteiger partial charge in [-0.3, -0.25) is 10.1 Å². The summed E-state index contributed by atoms with van der Waals surface area (Å²) in [5.41, 5.74) is 1.06. The third-order valence-electron chi connectivity index (χ3n) is 3.82. The van der Waals surface area contributed by atoms with Crippen LogP contribution in [0.5, 0.6) is 0 Å². The molecule has 2 aromatic carbocycles. The van der Waals surface area contributed by atoms with E-state index in [0.717, 1.165) is 5.56 Å². The van der Waals surface area contributed by atoms with Gasteiger partial charge in [0.15, 0.2) is 14.8 Å². The van der Waals surface area contributed by atoms with E-state index in [1.165, 1.54) is 35.6 Å². The normalized spacial score (nSPS) is 11.6. The lowest BCUT2D eigenvalue weighted by atomic mass is 10.2. The summed E-state index contributed by atoms with van der Waals surface area (Å²) in [7, 11) is -3.37. The highest BCUT2D eigenvalue weighted by Gasteiger charge is 2.19. The quantitative estimate of drug-likeness (QED) is 0.663. The number of rotatable bonds is 5. The Morgan fingerprint density at radius 1 is 1.07 bits per heavy atom. The molecule has 0 saturated heterocycles. The molecule has 27 heavy (non-hydrogen) atoms. The number of benzene rings is 2. The second-order valence-corrected chi connectivity index (χ2v) is 9.85. The molecule has 0 atom stereocenters. The molecule has 9 heteroatoms. The Morgan fingerprint density at radius 3 is 2.37 bits per heavy atom. The van der Waals surface area contributed by atoms with Crippen LogP contribution in [0.1, 0.15) is 24.2 Å². The maximum atomic E-state index is 12.4. The highest BCUT2D eigenvalue weighted by atomic mass is 35.5. The van der Waals surface area contributed by atoms with E-state index < -0.39 is 21.0 Å². The van der Waals surface area contributed by atoms with Crippen LogP contribution >= 0.6 is 22.9 Å². The number of sulfone groups is 1. The molecular weight excluding hydrogens is 406 g/mol. The first-order valence-electron chi connectivity index (χ1n) is 8.03. The molecule has 0 bridgehead atoms. The Morgan fingerprint density at radius 2 is 1.74 bits per heavy atom. The first-order chi connectivity index (χ1) is 12.8. The molecule has 0 aliphatic heterocycles. The van der Waals surface area contributed by atoms with Crippen molar-refractivity contribution >= 4 is 43.8 Å². The van der Waals surface area contributed by atoms with E-state index in [2.05, 4.69) is 15.5 Å². The molecule has 1 heterocycles. The summed E-state index contributed by atoms with van der Waals surface area (Å²) in [5, 5.41) is 11.6. The van der Waals surface area contributed by atoms with Gasteiger partial charge < -0.3 is 0 Å². The van der Waals surface area contributed by atoms with Crippen molar-refractivity contribution in [3.05, 3.63) is 59.1 Å². The van der Waals surface area contributed by atoms with Crippen molar-refractivity contribution < 1.29 is 13.2 Å². The molecule has 1 amide bonds. The van der Waals surface area contributed by atoms with E-state index in [-0.39, 0.29) is 4.90 Å². The van der Waals surface area contributed by atoms with Crippen LogP contribution in [0.2, 0.25) is 5.02 Å². The fraction of sp³-hybridized carbons (Fsp3) is 0.167. The van der Waals surface area contributed by atoms with Crippen LogP contribution in [0.4, 0.5) is 5.13 Å². The van der Waals surface area contributed by atoms with Crippen LogP contribution in [-0.4, -0.2) is 29.8 Å². The fourth-order valence-corrected chi connectivity index (χ4v) is 4.37. The lowest BCUT2D eigenvalue weighted by molar-refractivity contribution is 0.102. The zero-order chi connectivity index (χ0) is 19.6. The third-order valence-corrected chi connectivity index (χ3v) is 7.19. The molecule has 0 aliphatic rings. The molecule has 0 radical (unpaired) electrons. The summed E-state index contributed by atoms with van der Waals surface area (Å²) in [6.45, 7) is 3.23. The van der Waals surface area contributed by atoms with Crippen LogP contribution in [0.25, 0.3) is 10.6 Å². The van der Waals surface area contributed by atoms with Gasteiger partial charge in [0.25, 0.3) is 5.91 Å². The summed E-state index contributed by atoms with van der Waals surface area (Å²) in [4.78, 5) is 12.6. The molecule has 140 valence electrons. The van der Waals surface area contributed by atoms with Gasteiger partial charge in [0, 0.05) is 11.1 Å². The van der Waals surface area contributed by atoms with Crippen molar-refractivity contribution in [2.24, 2.45) is 0 Å². The molecule has 6 nitrogen and oxygen atoms in total. The van der Waals surface area contributed by atoms with Gasteiger partial charge in [-0.05, 0) is 44.2 Å². The second kappa shape index (κ2) is 7.75. The number of hydrogen-bond donors (Lipinski definition) is 1. The first-order valence-corrected chi connectivity index (χ1v) is 10.8. The van der Waals surface area contributed by atoms with Crippen LogP contribution in [-0.2, 0) is 9.84 Å². The Kier molecular flexibility index (Phi) is 5.59. The van der Waals surface area contributed by atoms with Crippen molar-refractivity contribution in [2.45, 2.75) is 24.0 Å². The summed E-state index contributed by atoms with van der Waals surface area (Å²) >= 11 is 7.35. The zero-order valence-corrected chi connectivity index (χ0v) is 16.9. The van der Waals surface area contributed by atoms with Crippen molar-refractivity contribution in [3.63, 3.8) is 0 Å². The average molecular weight is 422 g/mol. The summed E-state index contributed by atoms with van der Waals surface area (Å²) < 4.78 is 24.3. The average Bonchev–Trinajstić information content (AvgIpc) is 3.10. The largest absolute Gasteiger partial charge is 0.296 e. The van der Waals surface area contributed by atoms with Gasteiger partial charge in [-0.15, -0.1) is 10.2 Å².